The summed E-state index contributed by atoms with van der Waals surface area (Å²) in [5, 5.41) is 10.8. The van der Waals surface area contributed by atoms with E-state index in [0.29, 0.717) is 6.61 Å². The number of hydrogen-bond donors (Lipinski definition) is 1. The third-order valence-electron chi connectivity index (χ3n) is 4.57. The van der Waals surface area contributed by atoms with Crippen LogP contribution in [0.25, 0.3) is 0 Å². The Bertz CT molecular complexity index is 495. The molecular weight excluding hydrogens is 252 g/mol. The molecule has 1 N–H and O–H groups in total. The van der Waals surface area contributed by atoms with Crippen LogP contribution < -0.4 is 4.74 Å². The van der Waals surface area contributed by atoms with Crippen LogP contribution in [0, 0.1) is 13.8 Å². The summed E-state index contributed by atoms with van der Waals surface area (Å²) in [4.78, 5) is 4.70. The van der Waals surface area contributed by atoms with Crippen LogP contribution in [0.4, 0.5) is 0 Å². The molecule has 0 saturated carbocycles. The van der Waals surface area contributed by atoms with Crippen LogP contribution >= 0.6 is 0 Å². The molecule has 4 heteroatoms. The van der Waals surface area contributed by atoms with Gasteiger partial charge in [-0.2, -0.15) is 0 Å². The number of fused-ring (bicyclic) bond motifs is 1. The second kappa shape index (κ2) is 5.35. The molecule has 2 aliphatic rings. The Balaban J connectivity index is 1.83. The van der Waals surface area contributed by atoms with Crippen LogP contribution in [0.2, 0.25) is 0 Å². The standard InChI is InChI=1S/C16H24N2O2/c1-11-8-12(2)15-14(9-11)20-10-13(16(15)19)18-6-4-17(3)5-7-18/h8-9,13,16,19H,4-7,10H2,1-3H3. The molecule has 0 radical (unpaired) electrons. The lowest BCUT2D eigenvalue weighted by atomic mass is 9.92. The van der Waals surface area contributed by atoms with Crippen LogP contribution in [0.1, 0.15) is 22.8 Å². The number of aryl methyl sites for hydroxylation is 2. The maximum Gasteiger partial charge on any atom is 0.125 e. The Labute approximate surface area is 120 Å². The minimum Gasteiger partial charge on any atom is -0.491 e. The van der Waals surface area contributed by atoms with Crippen molar-refractivity contribution >= 4 is 0 Å². The monoisotopic (exact) mass is 276 g/mol. The molecule has 1 aromatic rings. The van der Waals surface area contributed by atoms with Gasteiger partial charge >= 0.3 is 0 Å². The lowest BCUT2D eigenvalue weighted by Crippen LogP contribution is -2.53. The van der Waals surface area contributed by atoms with Crippen molar-refractivity contribution in [3.63, 3.8) is 0 Å². The molecule has 20 heavy (non-hydrogen) atoms. The Kier molecular flexibility index (Phi) is 3.71. The molecule has 2 atom stereocenters. The molecule has 0 amide bonds. The van der Waals surface area contributed by atoms with E-state index in [0.717, 1.165) is 43.1 Å². The van der Waals surface area contributed by atoms with Crippen LogP contribution in [0.5, 0.6) is 5.75 Å². The van der Waals surface area contributed by atoms with Crippen molar-refractivity contribution < 1.29 is 9.84 Å². The first kappa shape index (κ1) is 13.9. The highest BCUT2D eigenvalue weighted by atomic mass is 16.5. The smallest absolute Gasteiger partial charge is 0.125 e. The molecule has 3 rings (SSSR count). The first-order chi connectivity index (χ1) is 9.56. The summed E-state index contributed by atoms with van der Waals surface area (Å²) < 4.78 is 5.93. The van der Waals surface area contributed by atoms with Crippen molar-refractivity contribution in [2.24, 2.45) is 0 Å². The van der Waals surface area contributed by atoms with Crippen molar-refractivity contribution in [1.82, 2.24) is 9.80 Å². The maximum absolute atomic E-state index is 10.8. The van der Waals surface area contributed by atoms with Crippen molar-refractivity contribution in [2.75, 3.05) is 39.8 Å². The molecule has 2 unspecified atom stereocenters. The number of rotatable bonds is 1. The van der Waals surface area contributed by atoms with E-state index < -0.39 is 6.10 Å². The topological polar surface area (TPSA) is 35.9 Å². The van der Waals surface area contributed by atoms with Gasteiger partial charge < -0.3 is 14.7 Å². The highest BCUT2D eigenvalue weighted by Gasteiger charge is 2.35. The van der Waals surface area contributed by atoms with Gasteiger partial charge in [0.15, 0.2) is 0 Å². The molecule has 2 heterocycles. The van der Waals surface area contributed by atoms with Crippen molar-refractivity contribution in [2.45, 2.75) is 26.0 Å². The molecule has 1 fully saturated rings. The Morgan fingerprint density at radius 2 is 1.85 bits per heavy atom. The summed E-state index contributed by atoms with van der Waals surface area (Å²) in [7, 11) is 2.15. The summed E-state index contributed by atoms with van der Waals surface area (Å²) in [6, 6.07) is 4.24. The van der Waals surface area contributed by atoms with E-state index in [2.05, 4.69) is 36.8 Å². The van der Waals surface area contributed by atoms with Gasteiger partial charge in [0.05, 0.1) is 6.04 Å². The third kappa shape index (κ3) is 2.43. The van der Waals surface area contributed by atoms with Crippen LogP contribution in [-0.2, 0) is 0 Å². The van der Waals surface area contributed by atoms with Gasteiger partial charge in [-0.1, -0.05) is 6.07 Å². The molecule has 2 aliphatic heterocycles. The summed E-state index contributed by atoms with van der Waals surface area (Å²) in [5.74, 6) is 0.861. The molecule has 0 bridgehead atoms. The predicted molar refractivity (Wildman–Crippen MR) is 79.2 cm³/mol. The average Bonchev–Trinajstić information content (AvgIpc) is 2.39. The van der Waals surface area contributed by atoms with Gasteiger partial charge in [0.25, 0.3) is 0 Å². The largest absolute Gasteiger partial charge is 0.491 e. The van der Waals surface area contributed by atoms with Gasteiger partial charge in [-0.15, -0.1) is 0 Å². The van der Waals surface area contributed by atoms with Gasteiger partial charge in [-0.05, 0) is 38.1 Å². The number of ether oxygens (including phenoxy) is 1. The van der Waals surface area contributed by atoms with E-state index in [9.17, 15) is 5.11 Å². The lowest BCUT2D eigenvalue weighted by Gasteiger charge is -2.42. The fourth-order valence-electron chi connectivity index (χ4n) is 3.36. The Morgan fingerprint density at radius 3 is 2.55 bits per heavy atom. The molecular formula is C16H24N2O2. The zero-order chi connectivity index (χ0) is 14.3. The van der Waals surface area contributed by atoms with E-state index in [1.807, 2.05) is 6.07 Å². The number of likely N-dealkylation sites (N-methyl/N-ethyl adjacent to an activating group) is 1. The molecule has 110 valence electrons. The predicted octanol–water partition coefficient (Wildman–Crippen LogP) is 1.35. The fraction of sp³-hybridized carbons (Fsp3) is 0.625. The molecule has 1 aromatic carbocycles. The first-order valence-corrected chi connectivity index (χ1v) is 7.41. The minimum atomic E-state index is -0.442. The third-order valence-corrected chi connectivity index (χ3v) is 4.57. The average molecular weight is 276 g/mol. The quantitative estimate of drug-likeness (QED) is 0.840. The van der Waals surface area contributed by atoms with E-state index in [1.54, 1.807) is 0 Å². The number of aliphatic hydroxyl groups excluding tert-OH is 1. The second-order valence-corrected chi connectivity index (χ2v) is 6.16. The molecule has 0 aromatic heterocycles. The SMILES string of the molecule is Cc1cc(C)c2c(c1)OCC(N1CCN(C)CC1)C2O. The normalized spacial score (nSPS) is 28.0. The summed E-state index contributed by atoms with van der Waals surface area (Å²) >= 11 is 0. The van der Waals surface area contributed by atoms with Crippen molar-refractivity contribution in [3.05, 3.63) is 28.8 Å². The van der Waals surface area contributed by atoms with Crippen molar-refractivity contribution in [3.8, 4) is 5.75 Å². The zero-order valence-electron chi connectivity index (χ0n) is 12.6. The highest BCUT2D eigenvalue weighted by Crippen LogP contribution is 2.37. The summed E-state index contributed by atoms with van der Waals surface area (Å²) in [6.45, 7) is 8.83. The number of benzene rings is 1. The first-order valence-electron chi connectivity index (χ1n) is 7.41. The second-order valence-electron chi connectivity index (χ2n) is 6.16. The van der Waals surface area contributed by atoms with Gasteiger partial charge in [0.1, 0.15) is 18.5 Å². The zero-order valence-corrected chi connectivity index (χ0v) is 12.6. The number of nitrogens with zero attached hydrogens (tertiary/aromatic N) is 2. The lowest BCUT2D eigenvalue weighted by molar-refractivity contribution is -0.0144. The summed E-state index contributed by atoms with van der Waals surface area (Å²) in [5.41, 5.74) is 3.30. The van der Waals surface area contributed by atoms with Gasteiger partial charge in [-0.25, -0.2) is 0 Å². The fourth-order valence-corrected chi connectivity index (χ4v) is 3.36. The van der Waals surface area contributed by atoms with E-state index in [4.69, 9.17) is 4.74 Å². The van der Waals surface area contributed by atoms with Gasteiger partial charge in [0.2, 0.25) is 0 Å². The molecule has 4 nitrogen and oxygen atoms in total. The maximum atomic E-state index is 10.8. The highest BCUT2D eigenvalue weighted by molar-refractivity contribution is 5.46. The van der Waals surface area contributed by atoms with Gasteiger partial charge in [-0.3, -0.25) is 4.90 Å². The van der Waals surface area contributed by atoms with Crippen molar-refractivity contribution in [1.29, 1.82) is 0 Å². The van der Waals surface area contributed by atoms with E-state index in [1.165, 1.54) is 5.56 Å². The Hall–Kier alpha value is -1.10. The van der Waals surface area contributed by atoms with Crippen LogP contribution in [0.15, 0.2) is 12.1 Å². The van der Waals surface area contributed by atoms with Crippen LogP contribution in [0.3, 0.4) is 0 Å². The number of piperazine rings is 1. The molecule has 0 aliphatic carbocycles. The minimum absolute atomic E-state index is 0.0811. The summed E-state index contributed by atoms with van der Waals surface area (Å²) in [6.07, 6.45) is -0.442. The van der Waals surface area contributed by atoms with Crippen LogP contribution in [-0.4, -0.2) is 60.8 Å². The van der Waals surface area contributed by atoms with E-state index >= 15 is 0 Å². The van der Waals surface area contributed by atoms with E-state index in [-0.39, 0.29) is 6.04 Å². The number of aliphatic hydroxyl groups is 1. The molecule has 0 spiro atoms. The molecule has 1 saturated heterocycles. The van der Waals surface area contributed by atoms with Gasteiger partial charge in [0, 0.05) is 31.7 Å². The Morgan fingerprint density at radius 1 is 1.15 bits per heavy atom. The number of hydrogen-bond acceptors (Lipinski definition) is 4.